The predicted molar refractivity (Wildman–Crippen MR) is 54.6 cm³/mol. The minimum Gasteiger partial charge on any atom is -0.453 e. The number of ether oxygens (including phenoxy) is 1. The van der Waals surface area contributed by atoms with E-state index in [1.807, 2.05) is 6.92 Å². The number of cyclic esters (lactones) is 1. The summed E-state index contributed by atoms with van der Waals surface area (Å²) in [5, 5.41) is 19.3. The predicted octanol–water partition coefficient (Wildman–Crippen LogP) is 0.237. The molecule has 0 amide bonds. The van der Waals surface area contributed by atoms with E-state index in [9.17, 15) is 15.0 Å². The van der Waals surface area contributed by atoms with E-state index < -0.39 is 23.3 Å². The van der Waals surface area contributed by atoms with Crippen molar-refractivity contribution in [2.75, 3.05) is 0 Å². The number of carbonyl (C=O) groups excluding carboxylic acids is 1. The van der Waals surface area contributed by atoms with Gasteiger partial charge in [0.25, 0.3) is 0 Å². The summed E-state index contributed by atoms with van der Waals surface area (Å²) in [6.45, 7) is 4.71. The first-order chi connectivity index (χ1) is 5.73. The van der Waals surface area contributed by atoms with Crippen LogP contribution in [-0.2, 0) is 9.53 Å². The van der Waals surface area contributed by atoms with Gasteiger partial charge in [0.15, 0.2) is 5.60 Å². The second-order valence-corrected chi connectivity index (χ2v) is 5.61. The van der Waals surface area contributed by atoms with Crippen molar-refractivity contribution in [3.8, 4) is 0 Å². The molecule has 4 atom stereocenters. The molecule has 0 aromatic rings. The van der Waals surface area contributed by atoms with Crippen LogP contribution in [0.25, 0.3) is 0 Å². The van der Waals surface area contributed by atoms with E-state index in [1.54, 1.807) is 6.92 Å². The lowest BCUT2D eigenvalue weighted by molar-refractivity contribution is -0.157. The summed E-state index contributed by atoms with van der Waals surface area (Å²) in [6.07, 6.45) is -1.18. The van der Waals surface area contributed by atoms with Crippen LogP contribution in [0.1, 0.15) is 20.8 Å². The summed E-state index contributed by atoms with van der Waals surface area (Å²) in [4.78, 5) is 11.2. The highest BCUT2D eigenvalue weighted by atomic mass is 127. The van der Waals surface area contributed by atoms with Crippen molar-refractivity contribution in [1.82, 2.24) is 0 Å². The van der Waals surface area contributed by atoms with Crippen molar-refractivity contribution in [2.45, 2.75) is 42.0 Å². The molecule has 13 heavy (non-hydrogen) atoms. The molecule has 0 aromatic carbocycles. The van der Waals surface area contributed by atoms with E-state index in [0.717, 1.165) is 0 Å². The van der Waals surface area contributed by atoms with Gasteiger partial charge in [-0.05, 0) is 20.8 Å². The molecule has 5 heteroatoms. The summed E-state index contributed by atoms with van der Waals surface area (Å²) in [5.74, 6) is -0.758. The molecule has 4 nitrogen and oxygen atoms in total. The van der Waals surface area contributed by atoms with E-state index in [1.165, 1.54) is 6.92 Å². The van der Waals surface area contributed by atoms with Gasteiger partial charge in [-0.3, -0.25) is 0 Å². The van der Waals surface area contributed by atoms with Crippen LogP contribution in [-0.4, -0.2) is 37.4 Å². The summed E-state index contributed by atoms with van der Waals surface area (Å²) in [7, 11) is 0. The summed E-state index contributed by atoms with van der Waals surface area (Å²) in [6, 6.07) is 0. The van der Waals surface area contributed by atoms with Gasteiger partial charge < -0.3 is 14.9 Å². The largest absolute Gasteiger partial charge is 0.453 e. The molecule has 0 bridgehead atoms. The topological polar surface area (TPSA) is 66.8 Å². The summed E-state index contributed by atoms with van der Waals surface area (Å²) >= 11 is 2.05. The van der Waals surface area contributed by atoms with Crippen LogP contribution in [0.2, 0.25) is 0 Å². The first kappa shape index (κ1) is 11.2. The molecule has 2 N–H and O–H groups in total. The number of rotatable bonds is 1. The zero-order valence-electron chi connectivity index (χ0n) is 7.74. The van der Waals surface area contributed by atoms with Gasteiger partial charge in [0.2, 0.25) is 0 Å². The van der Waals surface area contributed by atoms with Crippen molar-refractivity contribution >= 4 is 28.6 Å². The number of hydrogen-bond donors (Lipinski definition) is 2. The molecular weight excluding hydrogens is 287 g/mol. The minimum absolute atomic E-state index is 0.0713. The van der Waals surface area contributed by atoms with Gasteiger partial charge in [-0.2, -0.15) is 0 Å². The molecule has 0 saturated carbocycles. The summed E-state index contributed by atoms with van der Waals surface area (Å²) < 4.78 is 4.92. The maximum Gasteiger partial charge on any atom is 0.341 e. The Hall–Kier alpha value is 0.120. The van der Waals surface area contributed by atoms with Crippen molar-refractivity contribution in [3.63, 3.8) is 0 Å². The lowest BCUT2D eigenvalue weighted by atomic mass is 9.88. The quantitative estimate of drug-likeness (QED) is 0.413. The van der Waals surface area contributed by atoms with Crippen molar-refractivity contribution in [2.24, 2.45) is 0 Å². The molecule has 1 aliphatic rings. The number of carbonyl (C=O) groups is 1. The standard InChI is InChI=1S/C8H13IO4/c1-4(9)8(3)5(10)7(2,12)6(11)13-8/h4-5,10,12H,1-3H3/t4-,5-,7+,8-/m0/s1. The summed E-state index contributed by atoms with van der Waals surface area (Å²) in [5.41, 5.74) is -2.78. The maximum atomic E-state index is 11.2. The third-order valence-electron chi connectivity index (χ3n) is 2.59. The fourth-order valence-electron chi connectivity index (χ4n) is 1.33. The first-order valence-corrected chi connectivity index (χ1v) is 5.25. The van der Waals surface area contributed by atoms with Gasteiger partial charge in [-0.25, -0.2) is 4.79 Å². The Balaban J connectivity index is 3.04. The molecule has 1 rings (SSSR count). The monoisotopic (exact) mass is 300 g/mol. The third kappa shape index (κ3) is 1.46. The highest BCUT2D eigenvalue weighted by molar-refractivity contribution is 14.1. The molecule has 0 spiro atoms. The number of alkyl halides is 1. The lowest BCUT2D eigenvalue weighted by Gasteiger charge is -2.30. The molecule has 76 valence electrons. The number of halogens is 1. The van der Waals surface area contributed by atoms with Crippen molar-refractivity contribution in [3.05, 3.63) is 0 Å². The Kier molecular flexibility index (Phi) is 2.64. The molecule has 1 aliphatic heterocycles. The van der Waals surface area contributed by atoms with Crippen LogP contribution >= 0.6 is 22.6 Å². The smallest absolute Gasteiger partial charge is 0.341 e. The molecule has 0 unspecified atom stereocenters. The van der Waals surface area contributed by atoms with E-state index in [-0.39, 0.29) is 3.92 Å². The third-order valence-corrected chi connectivity index (χ3v) is 3.83. The van der Waals surface area contributed by atoms with Crippen molar-refractivity contribution in [1.29, 1.82) is 0 Å². The minimum atomic E-state index is -1.78. The van der Waals surface area contributed by atoms with E-state index in [2.05, 4.69) is 22.6 Å². The van der Waals surface area contributed by atoms with Gasteiger partial charge in [-0.15, -0.1) is 0 Å². The fourth-order valence-corrected chi connectivity index (χ4v) is 1.80. The first-order valence-electron chi connectivity index (χ1n) is 4.01. The second kappa shape index (κ2) is 3.06. The van der Waals surface area contributed by atoms with E-state index in [0.29, 0.717) is 0 Å². The molecule has 1 saturated heterocycles. The van der Waals surface area contributed by atoms with Crippen LogP contribution in [0.3, 0.4) is 0 Å². The van der Waals surface area contributed by atoms with Gasteiger partial charge in [0.05, 0.1) is 3.92 Å². The molecule has 1 heterocycles. The Bertz CT molecular complexity index is 238. The SMILES string of the molecule is C[C@H](I)[C@]1(C)OC(=O)[C@](C)(O)[C@@H]1O. The Morgan fingerprint density at radius 2 is 2.08 bits per heavy atom. The van der Waals surface area contributed by atoms with Gasteiger partial charge in [0.1, 0.15) is 11.7 Å². The van der Waals surface area contributed by atoms with Gasteiger partial charge in [-0.1, -0.05) is 22.6 Å². The second-order valence-electron chi connectivity index (χ2n) is 3.74. The number of aliphatic hydroxyl groups excluding tert-OH is 1. The average molecular weight is 300 g/mol. The van der Waals surface area contributed by atoms with Crippen LogP contribution in [0.15, 0.2) is 0 Å². The van der Waals surface area contributed by atoms with Crippen molar-refractivity contribution < 1.29 is 19.7 Å². The highest BCUT2D eigenvalue weighted by Gasteiger charge is 2.61. The van der Waals surface area contributed by atoms with E-state index >= 15 is 0 Å². The van der Waals surface area contributed by atoms with Crippen LogP contribution < -0.4 is 0 Å². The number of esters is 1. The fraction of sp³-hybridized carbons (Fsp3) is 0.875. The average Bonchev–Trinajstić information content (AvgIpc) is 2.14. The zero-order valence-corrected chi connectivity index (χ0v) is 9.90. The Labute approximate surface area is 90.4 Å². The van der Waals surface area contributed by atoms with Crippen LogP contribution in [0.4, 0.5) is 0 Å². The molecule has 0 radical (unpaired) electrons. The Morgan fingerprint density at radius 1 is 1.62 bits per heavy atom. The molecular formula is C8H13IO4. The number of aliphatic hydroxyl groups is 2. The van der Waals surface area contributed by atoms with Crippen LogP contribution in [0, 0.1) is 0 Å². The molecule has 0 aromatic heterocycles. The zero-order chi connectivity index (χ0) is 10.4. The van der Waals surface area contributed by atoms with Crippen LogP contribution in [0.5, 0.6) is 0 Å². The number of hydrogen-bond acceptors (Lipinski definition) is 4. The van der Waals surface area contributed by atoms with Gasteiger partial charge >= 0.3 is 5.97 Å². The normalized spacial score (nSPS) is 47.5. The maximum absolute atomic E-state index is 11.2. The van der Waals surface area contributed by atoms with E-state index in [4.69, 9.17) is 4.74 Å². The molecule has 0 aliphatic carbocycles. The highest BCUT2D eigenvalue weighted by Crippen LogP contribution is 2.39. The Morgan fingerprint density at radius 3 is 2.23 bits per heavy atom. The molecule has 1 fully saturated rings. The lowest BCUT2D eigenvalue weighted by Crippen LogP contribution is -2.51. The van der Waals surface area contributed by atoms with Gasteiger partial charge in [0, 0.05) is 0 Å².